The number of hydrogen-bond donors (Lipinski definition) is 0. The summed E-state index contributed by atoms with van der Waals surface area (Å²) in [7, 11) is 0. The lowest BCUT2D eigenvalue weighted by Gasteiger charge is -2.28. The molecule has 0 aromatic heterocycles. The summed E-state index contributed by atoms with van der Waals surface area (Å²) in [6.45, 7) is 9.38. The maximum Gasteiger partial charge on any atom is -0.0351 e. The van der Waals surface area contributed by atoms with Gasteiger partial charge in [0.25, 0.3) is 0 Å². The fourth-order valence-corrected chi connectivity index (χ4v) is 7.96. The van der Waals surface area contributed by atoms with Crippen molar-refractivity contribution < 1.29 is 0 Å². The molecule has 0 nitrogen and oxygen atoms in total. The summed E-state index contributed by atoms with van der Waals surface area (Å²) in [4.78, 5) is 0. The van der Waals surface area contributed by atoms with Gasteiger partial charge in [0.15, 0.2) is 0 Å². The Balaban J connectivity index is 4.42. The second kappa shape index (κ2) is 41.9. The Hall–Kier alpha value is -0.260. The molecule has 0 heteroatoms. The molecule has 0 aliphatic rings. The third-order valence-electron chi connectivity index (χ3n) is 11.3. The van der Waals surface area contributed by atoms with Crippen LogP contribution in [-0.2, 0) is 0 Å². The van der Waals surface area contributed by atoms with Crippen molar-refractivity contribution in [3.63, 3.8) is 0 Å². The van der Waals surface area contributed by atoms with Crippen molar-refractivity contribution in [2.24, 2.45) is 11.8 Å². The maximum atomic E-state index is 2.49. The predicted octanol–water partition coefficient (Wildman–Crippen LogP) is 18.1. The number of allylic oxidation sites excluding steroid dienone is 2. The molecule has 2 atom stereocenters. The van der Waals surface area contributed by atoms with Crippen LogP contribution in [0, 0.1) is 11.8 Å². The van der Waals surface area contributed by atoms with E-state index in [4.69, 9.17) is 0 Å². The summed E-state index contributed by atoms with van der Waals surface area (Å²) in [5.74, 6) is 2.02. The van der Waals surface area contributed by atoms with Gasteiger partial charge in [0, 0.05) is 0 Å². The van der Waals surface area contributed by atoms with Crippen molar-refractivity contribution in [1.82, 2.24) is 0 Å². The molecule has 0 N–H and O–H groups in total. The molecule has 0 fully saturated rings. The Bertz CT molecular complexity index is 560. The first-order valence-electron chi connectivity index (χ1n) is 22.9. The van der Waals surface area contributed by atoms with E-state index in [9.17, 15) is 0 Å². The molecule has 0 saturated carbocycles. The standard InChI is InChI=1S/C47H94/c1-5-9-13-16-19-22-24-26-27-29-32-34-36-39-43-46(42-12-8-4)47(44-40-37-33-30-21-18-15-11-7-3)45-41-38-35-31-28-25-23-20-17-14-10-6-2/h26-27,46-47H,5-25,28-45H2,1-4H3/b27-26-. The summed E-state index contributed by atoms with van der Waals surface area (Å²) in [6, 6.07) is 0. The van der Waals surface area contributed by atoms with Gasteiger partial charge >= 0.3 is 0 Å². The topological polar surface area (TPSA) is 0 Å². The van der Waals surface area contributed by atoms with Gasteiger partial charge in [-0.25, -0.2) is 0 Å². The van der Waals surface area contributed by atoms with E-state index in [1.807, 2.05) is 0 Å². The summed E-state index contributed by atoms with van der Waals surface area (Å²) < 4.78 is 0. The van der Waals surface area contributed by atoms with Crippen molar-refractivity contribution in [1.29, 1.82) is 0 Å². The van der Waals surface area contributed by atoms with E-state index in [0.717, 1.165) is 11.8 Å². The normalized spacial score (nSPS) is 13.2. The van der Waals surface area contributed by atoms with Crippen LogP contribution in [0.25, 0.3) is 0 Å². The molecular weight excluding hydrogens is 565 g/mol. The molecule has 2 unspecified atom stereocenters. The van der Waals surface area contributed by atoms with E-state index in [1.165, 1.54) is 250 Å². The van der Waals surface area contributed by atoms with Gasteiger partial charge in [0.2, 0.25) is 0 Å². The average molecular weight is 659 g/mol. The van der Waals surface area contributed by atoms with Crippen molar-refractivity contribution in [2.75, 3.05) is 0 Å². The fourth-order valence-electron chi connectivity index (χ4n) is 7.96. The molecule has 0 spiro atoms. The van der Waals surface area contributed by atoms with Crippen molar-refractivity contribution in [3.05, 3.63) is 12.2 Å². The first-order chi connectivity index (χ1) is 23.3. The third kappa shape index (κ3) is 36.8. The van der Waals surface area contributed by atoms with E-state index in [1.54, 1.807) is 0 Å². The summed E-state index contributed by atoms with van der Waals surface area (Å²) in [6.07, 6.45) is 61.8. The second-order valence-electron chi connectivity index (χ2n) is 16.0. The van der Waals surface area contributed by atoms with Gasteiger partial charge in [-0.3, -0.25) is 0 Å². The maximum absolute atomic E-state index is 2.49. The Morgan fingerprint density at radius 3 is 0.723 bits per heavy atom. The Morgan fingerprint density at radius 1 is 0.234 bits per heavy atom. The fraction of sp³-hybridized carbons (Fsp3) is 0.957. The van der Waals surface area contributed by atoms with Crippen molar-refractivity contribution >= 4 is 0 Å². The lowest BCUT2D eigenvalue weighted by atomic mass is 9.78. The minimum absolute atomic E-state index is 1.01. The predicted molar refractivity (Wildman–Crippen MR) is 219 cm³/mol. The minimum Gasteiger partial charge on any atom is -0.0885 e. The smallest absolute Gasteiger partial charge is 0.0351 e. The van der Waals surface area contributed by atoms with Gasteiger partial charge in [-0.05, 0) is 37.5 Å². The van der Waals surface area contributed by atoms with Crippen LogP contribution in [0.3, 0.4) is 0 Å². The molecule has 0 radical (unpaired) electrons. The Morgan fingerprint density at radius 2 is 0.447 bits per heavy atom. The molecule has 0 aromatic carbocycles. The molecule has 47 heavy (non-hydrogen) atoms. The van der Waals surface area contributed by atoms with E-state index < -0.39 is 0 Å². The van der Waals surface area contributed by atoms with Crippen molar-refractivity contribution in [3.8, 4) is 0 Å². The molecule has 282 valence electrons. The van der Waals surface area contributed by atoms with Gasteiger partial charge in [-0.2, -0.15) is 0 Å². The van der Waals surface area contributed by atoms with Crippen LogP contribution >= 0.6 is 0 Å². The van der Waals surface area contributed by atoms with Crippen LogP contribution in [0.2, 0.25) is 0 Å². The molecule has 0 aliphatic heterocycles. The summed E-state index contributed by atoms with van der Waals surface area (Å²) >= 11 is 0. The van der Waals surface area contributed by atoms with Crippen LogP contribution in [0.5, 0.6) is 0 Å². The van der Waals surface area contributed by atoms with Gasteiger partial charge in [0.05, 0.1) is 0 Å². The minimum atomic E-state index is 1.01. The van der Waals surface area contributed by atoms with E-state index in [-0.39, 0.29) is 0 Å². The number of hydrogen-bond acceptors (Lipinski definition) is 0. The van der Waals surface area contributed by atoms with E-state index in [2.05, 4.69) is 39.8 Å². The molecule has 0 amide bonds. The monoisotopic (exact) mass is 659 g/mol. The lowest BCUT2D eigenvalue weighted by Crippen LogP contribution is -2.16. The molecule has 0 aliphatic carbocycles. The van der Waals surface area contributed by atoms with Crippen LogP contribution < -0.4 is 0 Å². The SMILES string of the molecule is CCCCCCCC/C=C\CCCCCCC(CCCC)C(CCCCCCCCCCC)CCCCCCCCCCCCCC. The van der Waals surface area contributed by atoms with Crippen LogP contribution in [0.1, 0.15) is 278 Å². The zero-order chi connectivity index (χ0) is 34.1. The van der Waals surface area contributed by atoms with Crippen LogP contribution in [0.4, 0.5) is 0 Å². The highest BCUT2D eigenvalue weighted by molar-refractivity contribution is 4.81. The van der Waals surface area contributed by atoms with Gasteiger partial charge in [-0.15, -0.1) is 0 Å². The van der Waals surface area contributed by atoms with Gasteiger partial charge in [0.1, 0.15) is 0 Å². The quantitative estimate of drug-likeness (QED) is 0.0453. The van der Waals surface area contributed by atoms with Crippen LogP contribution in [0.15, 0.2) is 12.2 Å². The highest BCUT2D eigenvalue weighted by Crippen LogP contribution is 2.33. The molecule has 0 bridgehead atoms. The Kier molecular flexibility index (Phi) is 41.7. The summed E-state index contributed by atoms with van der Waals surface area (Å²) in [5.41, 5.74) is 0. The first kappa shape index (κ1) is 46.7. The highest BCUT2D eigenvalue weighted by atomic mass is 14.3. The summed E-state index contributed by atoms with van der Waals surface area (Å²) in [5, 5.41) is 0. The molecular formula is C47H94. The van der Waals surface area contributed by atoms with Gasteiger partial charge < -0.3 is 0 Å². The number of rotatable bonds is 41. The van der Waals surface area contributed by atoms with Gasteiger partial charge in [-0.1, -0.05) is 265 Å². The molecule has 0 heterocycles. The highest BCUT2D eigenvalue weighted by Gasteiger charge is 2.20. The molecule has 0 aromatic rings. The lowest BCUT2D eigenvalue weighted by molar-refractivity contribution is 0.238. The molecule has 0 rings (SSSR count). The van der Waals surface area contributed by atoms with Crippen molar-refractivity contribution in [2.45, 2.75) is 278 Å². The zero-order valence-corrected chi connectivity index (χ0v) is 33.9. The third-order valence-corrected chi connectivity index (χ3v) is 11.3. The largest absolute Gasteiger partial charge is 0.0885 e. The average Bonchev–Trinajstić information content (AvgIpc) is 3.08. The zero-order valence-electron chi connectivity index (χ0n) is 33.9. The molecule has 0 saturated heterocycles. The number of unbranched alkanes of at least 4 members (excludes halogenated alkanes) is 30. The van der Waals surface area contributed by atoms with E-state index in [0.29, 0.717) is 0 Å². The van der Waals surface area contributed by atoms with E-state index >= 15 is 0 Å². The second-order valence-corrected chi connectivity index (χ2v) is 16.0. The van der Waals surface area contributed by atoms with Crippen LogP contribution in [-0.4, -0.2) is 0 Å². The first-order valence-corrected chi connectivity index (χ1v) is 22.9. The Labute approximate surface area is 301 Å².